The normalized spacial score (nSPS) is 25.1. The molecule has 0 unspecified atom stereocenters. The summed E-state index contributed by atoms with van der Waals surface area (Å²) in [5.41, 5.74) is -0.482. The summed E-state index contributed by atoms with van der Waals surface area (Å²) in [6, 6.07) is 0.134. The summed E-state index contributed by atoms with van der Waals surface area (Å²) < 4.78 is 5.32. The van der Waals surface area contributed by atoms with E-state index in [2.05, 4.69) is 0 Å². The smallest absolute Gasteiger partial charge is 0.410 e. The molecule has 1 aliphatic carbocycles. The fourth-order valence-electron chi connectivity index (χ4n) is 2.27. The summed E-state index contributed by atoms with van der Waals surface area (Å²) in [6.07, 6.45) is 1.49. The summed E-state index contributed by atoms with van der Waals surface area (Å²) in [5.74, 6) is -0.0618. The Morgan fingerprint density at radius 3 is 2.11 bits per heavy atom. The van der Waals surface area contributed by atoms with Crippen molar-refractivity contribution in [2.24, 2.45) is 5.92 Å². The molecule has 106 valence electrons. The van der Waals surface area contributed by atoms with Crippen molar-refractivity contribution in [3.8, 4) is 0 Å². The van der Waals surface area contributed by atoms with Crippen LogP contribution >= 0.6 is 0 Å². The van der Waals surface area contributed by atoms with Gasteiger partial charge in [-0.3, -0.25) is 0 Å². The highest BCUT2D eigenvalue weighted by Gasteiger charge is 2.31. The zero-order valence-electron chi connectivity index (χ0n) is 11.7. The first-order valence-electron chi connectivity index (χ1n) is 6.52. The number of aliphatic hydroxyl groups excluding tert-OH is 1. The molecule has 5 nitrogen and oxygen atoms in total. The van der Waals surface area contributed by atoms with Gasteiger partial charge in [0.15, 0.2) is 6.29 Å². The van der Waals surface area contributed by atoms with E-state index in [0.717, 1.165) is 25.7 Å². The van der Waals surface area contributed by atoms with Crippen LogP contribution in [0.4, 0.5) is 4.79 Å². The van der Waals surface area contributed by atoms with E-state index >= 15 is 0 Å². The first kappa shape index (κ1) is 15.2. The summed E-state index contributed by atoms with van der Waals surface area (Å²) >= 11 is 0. The Kier molecular flexibility index (Phi) is 4.99. The van der Waals surface area contributed by atoms with Gasteiger partial charge in [-0.15, -0.1) is 0 Å². The Bertz CT molecular complexity index is 277. The zero-order valence-corrected chi connectivity index (χ0v) is 11.7. The molecule has 1 aliphatic rings. The number of aliphatic hydroxyl groups is 2. The third kappa shape index (κ3) is 4.46. The van der Waals surface area contributed by atoms with Crippen LogP contribution in [0.15, 0.2) is 0 Å². The highest BCUT2D eigenvalue weighted by molar-refractivity contribution is 5.68. The monoisotopic (exact) mass is 259 g/mol. The molecule has 0 aliphatic heterocycles. The summed E-state index contributed by atoms with van der Waals surface area (Å²) in [7, 11) is 1.74. The van der Waals surface area contributed by atoms with Crippen LogP contribution in [0.2, 0.25) is 0 Å². The number of hydrogen-bond donors (Lipinski definition) is 2. The van der Waals surface area contributed by atoms with Crippen LogP contribution in [0.3, 0.4) is 0 Å². The molecular weight excluding hydrogens is 234 g/mol. The van der Waals surface area contributed by atoms with Crippen molar-refractivity contribution in [3.05, 3.63) is 0 Å². The van der Waals surface area contributed by atoms with Gasteiger partial charge in [0.2, 0.25) is 0 Å². The average Bonchev–Trinajstić information content (AvgIpc) is 2.26. The molecule has 0 saturated heterocycles. The summed E-state index contributed by atoms with van der Waals surface area (Å²) in [5, 5.41) is 18.2. The largest absolute Gasteiger partial charge is 0.444 e. The Morgan fingerprint density at radius 1 is 1.22 bits per heavy atom. The third-order valence-electron chi connectivity index (χ3n) is 3.39. The molecule has 5 heteroatoms. The van der Waals surface area contributed by atoms with Gasteiger partial charge in [0.1, 0.15) is 5.60 Å². The van der Waals surface area contributed by atoms with Crippen molar-refractivity contribution in [1.82, 2.24) is 4.90 Å². The Hall–Kier alpha value is -0.810. The number of rotatable bonds is 2. The molecule has 0 aromatic heterocycles. The lowest BCUT2D eigenvalue weighted by molar-refractivity contribution is -0.0967. The number of amides is 1. The number of hydrogen-bond acceptors (Lipinski definition) is 4. The van der Waals surface area contributed by atoms with Crippen LogP contribution in [-0.4, -0.2) is 46.2 Å². The fourth-order valence-corrected chi connectivity index (χ4v) is 2.27. The van der Waals surface area contributed by atoms with Crippen molar-refractivity contribution in [2.45, 2.75) is 64.4 Å². The molecule has 0 aromatic rings. The SMILES string of the molecule is CN(C(=O)OC(C)(C)C)C1CCC(C(O)O)CC1. The summed E-state index contributed by atoms with van der Waals surface area (Å²) in [4.78, 5) is 13.5. The molecule has 1 rings (SSSR count). The number of carbonyl (C=O) groups is 1. The summed E-state index contributed by atoms with van der Waals surface area (Å²) in [6.45, 7) is 5.53. The van der Waals surface area contributed by atoms with E-state index in [1.54, 1.807) is 11.9 Å². The number of nitrogens with zero attached hydrogens (tertiary/aromatic N) is 1. The van der Waals surface area contributed by atoms with Crippen LogP contribution in [0, 0.1) is 5.92 Å². The van der Waals surface area contributed by atoms with E-state index in [4.69, 9.17) is 14.9 Å². The minimum Gasteiger partial charge on any atom is -0.444 e. The van der Waals surface area contributed by atoms with Crippen molar-refractivity contribution >= 4 is 6.09 Å². The molecule has 0 radical (unpaired) electrons. The lowest BCUT2D eigenvalue weighted by Crippen LogP contribution is -2.43. The second-order valence-corrected chi connectivity index (χ2v) is 6.07. The molecule has 1 amide bonds. The van der Waals surface area contributed by atoms with Gasteiger partial charge < -0.3 is 19.8 Å². The van der Waals surface area contributed by atoms with Crippen molar-refractivity contribution in [3.63, 3.8) is 0 Å². The van der Waals surface area contributed by atoms with E-state index in [-0.39, 0.29) is 18.1 Å². The highest BCUT2D eigenvalue weighted by atomic mass is 16.6. The Labute approximate surface area is 109 Å². The molecule has 1 saturated carbocycles. The van der Waals surface area contributed by atoms with Gasteiger partial charge in [-0.2, -0.15) is 0 Å². The number of ether oxygens (including phenoxy) is 1. The minimum absolute atomic E-state index is 0.0618. The maximum Gasteiger partial charge on any atom is 0.410 e. The third-order valence-corrected chi connectivity index (χ3v) is 3.39. The molecule has 0 bridgehead atoms. The van der Waals surface area contributed by atoms with Crippen LogP contribution in [0.1, 0.15) is 46.5 Å². The standard InChI is InChI=1S/C13H25NO4/c1-13(2,3)18-12(17)14(4)10-7-5-9(6-8-10)11(15)16/h9-11,15-16H,5-8H2,1-4H3. The van der Waals surface area contributed by atoms with Crippen molar-refractivity contribution in [1.29, 1.82) is 0 Å². The molecule has 0 spiro atoms. The van der Waals surface area contributed by atoms with Gasteiger partial charge in [-0.1, -0.05) is 0 Å². The van der Waals surface area contributed by atoms with Crippen LogP contribution in [0.25, 0.3) is 0 Å². The van der Waals surface area contributed by atoms with Crippen LogP contribution < -0.4 is 0 Å². The molecular formula is C13H25NO4. The van der Waals surface area contributed by atoms with Gasteiger partial charge in [0.05, 0.1) is 0 Å². The van der Waals surface area contributed by atoms with Gasteiger partial charge in [0.25, 0.3) is 0 Å². The van der Waals surface area contributed by atoms with Crippen LogP contribution in [0.5, 0.6) is 0 Å². The molecule has 1 fully saturated rings. The second kappa shape index (κ2) is 5.89. The predicted molar refractivity (Wildman–Crippen MR) is 68.0 cm³/mol. The van der Waals surface area contributed by atoms with E-state index in [1.165, 1.54) is 0 Å². The predicted octanol–water partition coefficient (Wildman–Crippen LogP) is 1.72. The quantitative estimate of drug-likeness (QED) is 0.741. The van der Waals surface area contributed by atoms with Gasteiger partial charge in [0, 0.05) is 19.0 Å². The topological polar surface area (TPSA) is 70.0 Å². The fraction of sp³-hybridized carbons (Fsp3) is 0.923. The van der Waals surface area contributed by atoms with E-state index in [0.29, 0.717) is 0 Å². The Morgan fingerprint density at radius 2 is 1.72 bits per heavy atom. The van der Waals surface area contributed by atoms with E-state index in [9.17, 15) is 4.79 Å². The van der Waals surface area contributed by atoms with E-state index < -0.39 is 11.9 Å². The second-order valence-electron chi connectivity index (χ2n) is 6.07. The molecule has 0 heterocycles. The minimum atomic E-state index is -1.24. The van der Waals surface area contributed by atoms with Crippen molar-refractivity contribution < 1.29 is 19.7 Å². The maximum atomic E-state index is 11.9. The van der Waals surface area contributed by atoms with Crippen molar-refractivity contribution in [2.75, 3.05) is 7.05 Å². The molecule has 18 heavy (non-hydrogen) atoms. The number of carbonyl (C=O) groups excluding carboxylic acids is 1. The van der Waals surface area contributed by atoms with Gasteiger partial charge in [-0.05, 0) is 46.5 Å². The first-order chi connectivity index (χ1) is 8.20. The lowest BCUT2D eigenvalue weighted by Gasteiger charge is -2.35. The molecule has 2 N–H and O–H groups in total. The maximum absolute atomic E-state index is 11.9. The lowest BCUT2D eigenvalue weighted by atomic mass is 9.85. The molecule has 0 aromatic carbocycles. The van der Waals surface area contributed by atoms with E-state index in [1.807, 2.05) is 20.8 Å². The first-order valence-corrected chi connectivity index (χ1v) is 6.52. The zero-order chi connectivity index (χ0) is 13.9. The average molecular weight is 259 g/mol. The van der Waals surface area contributed by atoms with Gasteiger partial charge in [-0.25, -0.2) is 4.79 Å². The van der Waals surface area contributed by atoms with Crippen LogP contribution in [-0.2, 0) is 4.74 Å². The van der Waals surface area contributed by atoms with Gasteiger partial charge >= 0.3 is 6.09 Å². The molecule has 0 atom stereocenters. The Balaban J connectivity index is 2.45. The highest BCUT2D eigenvalue weighted by Crippen LogP contribution is 2.29.